The summed E-state index contributed by atoms with van der Waals surface area (Å²) in [4.78, 5) is 20.3. The molecule has 0 heterocycles. The summed E-state index contributed by atoms with van der Waals surface area (Å²) in [6.07, 6.45) is -0.210. The average molecular weight is 158 g/mol. The van der Waals surface area contributed by atoms with E-state index in [0.717, 1.165) is 0 Å². The molecule has 64 valence electrons. The maximum atomic E-state index is 10.3. The molecule has 0 unspecified atom stereocenters. The predicted octanol–water partition coefficient (Wildman–Crippen LogP) is -1.71. The van der Waals surface area contributed by atoms with Gasteiger partial charge >= 0.3 is 0 Å². The molecule has 0 saturated carbocycles. The lowest BCUT2D eigenvalue weighted by Crippen LogP contribution is -2.39. The lowest BCUT2D eigenvalue weighted by Gasteiger charge is -2.25. The van der Waals surface area contributed by atoms with Crippen LogP contribution in [-0.4, -0.2) is 11.9 Å². The number of carboxylic acids is 2. The van der Waals surface area contributed by atoms with Gasteiger partial charge in [-0.05, 0) is 12.8 Å². The quantitative estimate of drug-likeness (QED) is 0.488. The zero-order valence-electron chi connectivity index (χ0n) is 6.55. The molecule has 0 N–H and O–H groups in total. The first-order valence-electron chi connectivity index (χ1n) is 3.27. The van der Waals surface area contributed by atoms with Gasteiger partial charge in [-0.15, -0.1) is 0 Å². The molecule has 0 spiro atoms. The molecule has 0 saturated heterocycles. The van der Waals surface area contributed by atoms with E-state index in [1.807, 2.05) is 0 Å². The van der Waals surface area contributed by atoms with Crippen molar-refractivity contribution in [1.29, 1.82) is 0 Å². The Labute approximate surface area is 64.8 Å². The summed E-state index contributed by atoms with van der Waals surface area (Å²) >= 11 is 0. The molecule has 0 aliphatic heterocycles. The van der Waals surface area contributed by atoms with Crippen molar-refractivity contribution in [2.24, 2.45) is 5.41 Å². The van der Waals surface area contributed by atoms with Crippen LogP contribution in [0.5, 0.6) is 0 Å². The minimum absolute atomic E-state index is 0.0394. The van der Waals surface area contributed by atoms with Gasteiger partial charge in [0.05, 0.1) is 0 Å². The van der Waals surface area contributed by atoms with Gasteiger partial charge in [0.2, 0.25) is 0 Å². The average Bonchev–Trinajstić information content (AvgIpc) is 1.84. The summed E-state index contributed by atoms with van der Waals surface area (Å²) in [5, 5.41) is 20.3. The highest BCUT2D eigenvalue weighted by Crippen LogP contribution is 2.20. The van der Waals surface area contributed by atoms with Crippen LogP contribution in [0.25, 0.3) is 0 Å². The maximum absolute atomic E-state index is 10.3. The van der Waals surface area contributed by atoms with Gasteiger partial charge in [0.15, 0.2) is 0 Å². The second-order valence-corrected chi connectivity index (χ2v) is 3.04. The van der Waals surface area contributed by atoms with Crippen LogP contribution in [0.15, 0.2) is 0 Å². The molecular formula is C7H10O4-2. The summed E-state index contributed by atoms with van der Waals surface area (Å²) in [6.45, 7) is 2.84. The van der Waals surface area contributed by atoms with Crippen molar-refractivity contribution in [3.8, 4) is 0 Å². The number of hydrogen-bond acceptors (Lipinski definition) is 4. The van der Waals surface area contributed by atoms with Crippen molar-refractivity contribution in [2.45, 2.75) is 26.7 Å². The molecule has 0 aromatic heterocycles. The Morgan fingerprint density at radius 3 is 2.00 bits per heavy atom. The van der Waals surface area contributed by atoms with E-state index in [0.29, 0.717) is 0 Å². The van der Waals surface area contributed by atoms with Crippen LogP contribution in [0.4, 0.5) is 0 Å². The van der Waals surface area contributed by atoms with Crippen LogP contribution < -0.4 is 10.2 Å². The molecular weight excluding hydrogens is 148 g/mol. The first kappa shape index (κ1) is 9.94. The molecule has 0 aromatic carbocycles. The van der Waals surface area contributed by atoms with E-state index in [9.17, 15) is 19.8 Å². The Morgan fingerprint density at radius 2 is 1.73 bits per heavy atom. The molecule has 4 nitrogen and oxygen atoms in total. The number of aliphatic carboxylic acids is 2. The molecule has 0 aliphatic carbocycles. The van der Waals surface area contributed by atoms with Gasteiger partial charge in [-0.3, -0.25) is 0 Å². The van der Waals surface area contributed by atoms with Crippen LogP contribution in [0.3, 0.4) is 0 Å². The molecule has 0 rings (SSSR count). The third kappa shape index (κ3) is 3.60. The Kier molecular flexibility index (Phi) is 3.04. The summed E-state index contributed by atoms with van der Waals surface area (Å²) < 4.78 is 0. The van der Waals surface area contributed by atoms with Crippen LogP contribution in [0.1, 0.15) is 26.7 Å². The first-order chi connectivity index (χ1) is 4.86. The fourth-order valence-electron chi connectivity index (χ4n) is 0.517. The molecule has 0 radical (unpaired) electrons. The first-order valence-corrected chi connectivity index (χ1v) is 3.27. The second kappa shape index (κ2) is 3.37. The smallest absolute Gasteiger partial charge is 0.0470 e. The molecule has 0 aromatic rings. The van der Waals surface area contributed by atoms with Gasteiger partial charge < -0.3 is 19.8 Å². The van der Waals surface area contributed by atoms with Crippen molar-refractivity contribution in [1.82, 2.24) is 0 Å². The number of carboxylic acid groups (broad SMARTS) is 2. The number of hydrogen-bond donors (Lipinski definition) is 0. The number of carbonyl (C=O) groups excluding carboxylic acids is 2. The number of carbonyl (C=O) groups is 2. The van der Waals surface area contributed by atoms with Crippen molar-refractivity contribution in [3.63, 3.8) is 0 Å². The normalized spacial score (nSPS) is 11.1. The van der Waals surface area contributed by atoms with E-state index in [2.05, 4.69) is 0 Å². The topological polar surface area (TPSA) is 80.3 Å². The second-order valence-electron chi connectivity index (χ2n) is 3.04. The van der Waals surface area contributed by atoms with Crippen LogP contribution in [0, 0.1) is 5.41 Å². The van der Waals surface area contributed by atoms with E-state index in [-0.39, 0.29) is 12.8 Å². The van der Waals surface area contributed by atoms with Gasteiger partial charge in [0, 0.05) is 17.4 Å². The van der Waals surface area contributed by atoms with Crippen LogP contribution in [-0.2, 0) is 9.59 Å². The number of rotatable bonds is 4. The van der Waals surface area contributed by atoms with Gasteiger partial charge in [0.1, 0.15) is 0 Å². The Hall–Kier alpha value is -1.06. The Morgan fingerprint density at radius 1 is 1.27 bits per heavy atom. The lowest BCUT2D eigenvalue weighted by atomic mass is 9.88. The lowest BCUT2D eigenvalue weighted by molar-refractivity contribution is -0.319. The van der Waals surface area contributed by atoms with Crippen molar-refractivity contribution in [3.05, 3.63) is 0 Å². The summed E-state index contributed by atoms with van der Waals surface area (Å²) in [5.41, 5.74) is -1.08. The van der Waals surface area contributed by atoms with Gasteiger partial charge in [-0.25, -0.2) is 0 Å². The van der Waals surface area contributed by atoms with Crippen LogP contribution in [0.2, 0.25) is 0 Å². The SMILES string of the molecule is CC(C)(CCC(=O)[O-])C(=O)[O-]. The molecule has 0 bridgehead atoms. The van der Waals surface area contributed by atoms with Crippen molar-refractivity contribution in [2.75, 3.05) is 0 Å². The summed E-state index contributed by atoms with van der Waals surface area (Å²) in [5.74, 6) is -2.47. The monoisotopic (exact) mass is 158 g/mol. The molecule has 0 fully saturated rings. The molecule has 11 heavy (non-hydrogen) atoms. The highest BCUT2D eigenvalue weighted by molar-refractivity contribution is 5.72. The largest absolute Gasteiger partial charge is 0.550 e. The van der Waals surface area contributed by atoms with E-state index in [1.54, 1.807) is 0 Å². The van der Waals surface area contributed by atoms with E-state index < -0.39 is 17.4 Å². The Bertz CT molecular complexity index is 171. The van der Waals surface area contributed by atoms with E-state index >= 15 is 0 Å². The molecule has 0 amide bonds. The molecule has 0 aliphatic rings. The molecule has 4 heteroatoms. The van der Waals surface area contributed by atoms with Gasteiger partial charge in [-0.1, -0.05) is 13.8 Å². The van der Waals surface area contributed by atoms with Crippen molar-refractivity contribution >= 4 is 11.9 Å². The highest BCUT2D eigenvalue weighted by atomic mass is 16.4. The van der Waals surface area contributed by atoms with Crippen molar-refractivity contribution < 1.29 is 19.8 Å². The summed E-state index contributed by atoms with van der Waals surface area (Å²) in [6, 6.07) is 0. The minimum atomic E-state index is -1.24. The van der Waals surface area contributed by atoms with Crippen LogP contribution >= 0.6 is 0 Å². The zero-order chi connectivity index (χ0) is 9.07. The third-order valence-corrected chi connectivity index (χ3v) is 1.51. The standard InChI is InChI=1S/C7H12O4/c1-7(2,6(10)11)4-3-5(8)9/h3-4H2,1-2H3,(H,8,9)(H,10,11)/p-2. The fourth-order valence-corrected chi connectivity index (χ4v) is 0.517. The zero-order valence-corrected chi connectivity index (χ0v) is 6.55. The van der Waals surface area contributed by atoms with E-state index in [4.69, 9.17) is 0 Å². The minimum Gasteiger partial charge on any atom is -0.550 e. The Balaban J connectivity index is 3.92. The maximum Gasteiger partial charge on any atom is 0.0470 e. The third-order valence-electron chi connectivity index (χ3n) is 1.51. The van der Waals surface area contributed by atoms with Gasteiger partial charge in [-0.2, -0.15) is 0 Å². The van der Waals surface area contributed by atoms with Gasteiger partial charge in [0.25, 0.3) is 0 Å². The van der Waals surface area contributed by atoms with E-state index in [1.165, 1.54) is 13.8 Å². The molecule has 0 atom stereocenters. The highest BCUT2D eigenvalue weighted by Gasteiger charge is 2.18. The predicted molar refractivity (Wildman–Crippen MR) is 33.0 cm³/mol. The fraction of sp³-hybridized carbons (Fsp3) is 0.714. The summed E-state index contributed by atoms with van der Waals surface area (Å²) in [7, 11) is 0.